The zero-order chi connectivity index (χ0) is 24.1. The number of nitrogens with one attached hydrogen (secondary N) is 1. The van der Waals surface area contributed by atoms with E-state index >= 15 is 0 Å². The number of carbonyl (C=O) groups excluding carboxylic acids is 1. The van der Waals surface area contributed by atoms with Crippen molar-refractivity contribution in [2.24, 2.45) is 5.41 Å². The molecule has 0 spiro atoms. The van der Waals surface area contributed by atoms with E-state index in [2.05, 4.69) is 55.3 Å². The first kappa shape index (κ1) is 24.3. The Labute approximate surface area is 197 Å². The van der Waals surface area contributed by atoms with Crippen LogP contribution >= 0.6 is 0 Å². The first-order valence-corrected chi connectivity index (χ1v) is 11.2. The van der Waals surface area contributed by atoms with Gasteiger partial charge >= 0.3 is 6.09 Å². The fourth-order valence-electron chi connectivity index (χ4n) is 3.77. The molecule has 3 rings (SSSR count). The number of nitrogens with zero attached hydrogens (tertiary/aromatic N) is 1. The van der Waals surface area contributed by atoms with E-state index < -0.39 is 11.7 Å². The van der Waals surface area contributed by atoms with Crippen LogP contribution in [0.15, 0.2) is 72.9 Å². The highest BCUT2D eigenvalue weighted by atomic mass is 16.6. The van der Waals surface area contributed by atoms with E-state index in [-0.39, 0.29) is 11.3 Å². The Bertz CT molecular complexity index is 1030. The largest absolute Gasteiger partial charge is 0.487 e. The second-order valence-electron chi connectivity index (χ2n) is 10.2. The molecule has 0 fully saturated rings. The third kappa shape index (κ3) is 7.35. The summed E-state index contributed by atoms with van der Waals surface area (Å²) in [5, 5.41) is 2.80. The predicted molar refractivity (Wildman–Crippen MR) is 133 cm³/mol. The van der Waals surface area contributed by atoms with Crippen LogP contribution in [-0.4, -0.2) is 16.7 Å². The second-order valence-corrected chi connectivity index (χ2v) is 10.2. The highest BCUT2D eigenvalue weighted by Crippen LogP contribution is 2.41. The van der Waals surface area contributed by atoms with Crippen molar-refractivity contribution in [1.29, 1.82) is 0 Å². The minimum Gasteiger partial charge on any atom is -0.487 e. The fraction of sp³-hybridized carbons (Fsp3) is 0.357. The molecule has 1 aromatic heterocycles. The molecule has 1 atom stereocenters. The third-order valence-corrected chi connectivity index (χ3v) is 5.08. The molecular weight excluding hydrogens is 412 g/mol. The summed E-state index contributed by atoms with van der Waals surface area (Å²) in [7, 11) is 0. The Balaban J connectivity index is 1.72. The predicted octanol–water partition coefficient (Wildman–Crippen LogP) is 7.19. The minimum atomic E-state index is -0.533. The van der Waals surface area contributed by atoms with Crippen molar-refractivity contribution in [3.63, 3.8) is 0 Å². The molecule has 0 radical (unpaired) electrons. The molecule has 0 aliphatic heterocycles. The molecule has 1 amide bonds. The maximum atomic E-state index is 12.1. The smallest absolute Gasteiger partial charge is 0.412 e. The minimum absolute atomic E-state index is 0.00353. The number of aromatic nitrogens is 1. The molecule has 1 unspecified atom stereocenters. The van der Waals surface area contributed by atoms with Gasteiger partial charge in [0.25, 0.3) is 0 Å². The zero-order valence-electron chi connectivity index (χ0n) is 20.4. The summed E-state index contributed by atoms with van der Waals surface area (Å²) in [5.74, 6) is 0.992. The molecular formula is C28H34N2O3. The van der Waals surface area contributed by atoms with Gasteiger partial charge in [0.2, 0.25) is 0 Å². The van der Waals surface area contributed by atoms with Gasteiger partial charge in [-0.1, -0.05) is 51.1 Å². The van der Waals surface area contributed by atoms with Gasteiger partial charge in [-0.2, -0.15) is 0 Å². The Kier molecular flexibility index (Phi) is 7.42. The number of hydrogen-bond donors (Lipinski definition) is 1. The summed E-state index contributed by atoms with van der Waals surface area (Å²) in [6, 6.07) is 22.0. The lowest BCUT2D eigenvalue weighted by molar-refractivity contribution is 0.0636. The number of carbonyl (C=O) groups is 1. The molecule has 3 aromatic rings. The van der Waals surface area contributed by atoms with Crippen molar-refractivity contribution in [2.75, 3.05) is 5.32 Å². The average molecular weight is 447 g/mol. The Morgan fingerprint density at radius 3 is 2.00 bits per heavy atom. The normalized spacial score (nSPS) is 12.7. The van der Waals surface area contributed by atoms with Gasteiger partial charge in [0.1, 0.15) is 18.0 Å². The van der Waals surface area contributed by atoms with Gasteiger partial charge < -0.3 is 9.47 Å². The zero-order valence-corrected chi connectivity index (χ0v) is 20.4. The van der Waals surface area contributed by atoms with E-state index in [4.69, 9.17) is 9.47 Å². The molecule has 0 saturated heterocycles. The van der Waals surface area contributed by atoms with Crippen molar-refractivity contribution in [3.8, 4) is 5.75 Å². The van der Waals surface area contributed by atoms with Crippen LogP contribution in [0.1, 0.15) is 64.3 Å². The summed E-state index contributed by atoms with van der Waals surface area (Å²) in [5.41, 5.74) is 3.46. The van der Waals surface area contributed by atoms with Crippen molar-refractivity contribution in [1.82, 2.24) is 4.98 Å². The maximum Gasteiger partial charge on any atom is 0.412 e. The summed E-state index contributed by atoms with van der Waals surface area (Å²) >= 11 is 0. The molecule has 0 aliphatic rings. The molecule has 2 aromatic carbocycles. The Morgan fingerprint density at radius 2 is 1.48 bits per heavy atom. The number of pyridine rings is 1. The number of hydrogen-bond acceptors (Lipinski definition) is 4. The maximum absolute atomic E-state index is 12.1. The highest BCUT2D eigenvalue weighted by molar-refractivity contribution is 5.84. The van der Waals surface area contributed by atoms with Gasteiger partial charge in [0.05, 0.1) is 5.69 Å². The molecule has 174 valence electrons. The first-order chi connectivity index (χ1) is 15.5. The third-order valence-electron chi connectivity index (χ3n) is 5.08. The van der Waals surface area contributed by atoms with E-state index in [0.717, 1.165) is 11.4 Å². The molecule has 1 heterocycles. The van der Waals surface area contributed by atoms with E-state index in [0.29, 0.717) is 12.3 Å². The van der Waals surface area contributed by atoms with E-state index in [1.165, 1.54) is 11.1 Å². The SMILES string of the molecule is CC(C)(C)OC(=O)Nc1ccc(C(c2ccc(OCc3ccccn3)cc2)C(C)(C)C)cc1. The summed E-state index contributed by atoms with van der Waals surface area (Å²) in [6.45, 7) is 12.7. The first-order valence-electron chi connectivity index (χ1n) is 11.2. The molecule has 0 bridgehead atoms. The lowest BCUT2D eigenvalue weighted by atomic mass is 9.72. The van der Waals surface area contributed by atoms with Crippen LogP contribution in [0.5, 0.6) is 5.75 Å². The van der Waals surface area contributed by atoms with Gasteiger partial charge in [0.15, 0.2) is 0 Å². The molecule has 0 saturated carbocycles. The monoisotopic (exact) mass is 446 g/mol. The lowest BCUT2D eigenvalue weighted by Gasteiger charge is -2.32. The van der Waals surface area contributed by atoms with Gasteiger partial charge in [-0.15, -0.1) is 0 Å². The molecule has 5 heteroatoms. The van der Waals surface area contributed by atoms with Gasteiger partial charge in [0, 0.05) is 17.8 Å². The number of benzene rings is 2. The van der Waals surface area contributed by atoms with Crippen molar-refractivity contribution < 1.29 is 14.3 Å². The van der Waals surface area contributed by atoms with Crippen LogP contribution in [0, 0.1) is 5.41 Å². The van der Waals surface area contributed by atoms with Gasteiger partial charge in [-0.05, 0) is 73.7 Å². The van der Waals surface area contributed by atoms with E-state index in [1.54, 1.807) is 6.20 Å². The van der Waals surface area contributed by atoms with Crippen LogP contribution in [0.25, 0.3) is 0 Å². The number of amides is 1. The van der Waals surface area contributed by atoms with Crippen LogP contribution in [0.4, 0.5) is 10.5 Å². The van der Waals surface area contributed by atoms with Gasteiger partial charge in [-0.25, -0.2) is 4.79 Å². The molecule has 5 nitrogen and oxygen atoms in total. The molecule has 1 N–H and O–H groups in total. The van der Waals surface area contributed by atoms with Crippen LogP contribution in [0.2, 0.25) is 0 Å². The van der Waals surface area contributed by atoms with Gasteiger partial charge in [-0.3, -0.25) is 10.3 Å². The van der Waals surface area contributed by atoms with E-state index in [9.17, 15) is 4.79 Å². The van der Waals surface area contributed by atoms with Crippen LogP contribution in [0.3, 0.4) is 0 Å². The number of ether oxygens (including phenoxy) is 2. The summed E-state index contributed by atoms with van der Waals surface area (Å²) in [6.07, 6.45) is 1.31. The fourth-order valence-corrected chi connectivity index (χ4v) is 3.77. The molecule has 33 heavy (non-hydrogen) atoms. The summed E-state index contributed by atoms with van der Waals surface area (Å²) in [4.78, 5) is 16.3. The number of rotatable bonds is 6. The van der Waals surface area contributed by atoms with Crippen molar-refractivity contribution >= 4 is 11.8 Å². The number of anilines is 1. The lowest BCUT2D eigenvalue weighted by Crippen LogP contribution is -2.27. The molecule has 0 aliphatic carbocycles. The van der Waals surface area contributed by atoms with Crippen LogP contribution < -0.4 is 10.1 Å². The van der Waals surface area contributed by atoms with Crippen molar-refractivity contribution in [3.05, 3.63) is 89.7 Å². The standard InChI is InChI=1S/C28H34N2O3/c1-27(2,3)25(20-10-14-22(15-11-20)30-26(31)33-28(4,5)6)21-12-16-24(17-13-21)32-19-23-9-7-8-18-29-23/h7-18,25H,19H2,1-6H3,(H,30,31). The second kappa shape index (κ2) is 10.1. The Morgan fingerprint density at radius 1 is 0.879 bits per heavy atom. The summed E-state index contributed by atoms with van der Waals surface area (Å²) < 4.78 is 11.2. The average Bonchev–Trinajstić information content (AvgIpc) is 2.73. The van der Waals surface area contributed by atoms with Crippen LogP contribution in [-0.2, 0) is 11.3 Å². The van der Waals surface area contributed by atoms with E-state index in [1.807, 2.05) is 63.2 Å². The van der Waals surface area contributed by atoms with Crippen molar-refractivity contribution in [2.45, 2.75) is 59.7 Å². The quantitative estimate of drug-likeness (QED) is 0.435. The highest BCUT2D eigenvalue weighted by Gasteiger charge is 2.28. The topological polar surface area (TPSA) is 60.5 Å². The Hall–Kier alpha value is -3.34.